The van der Waals surface area contributed by atoms with Crippen molar-refractivity contribution in [3.8, 4) is 0 Å². The van der Waals surface area contributed by atoms with E-state index in [1.807, 2.05) is 0 Å². The van der Waals surface area contributed by atoms with E-state index in [1.165, 1.54) is 0 Å². The number of carbonyl (C=O) groups is 2. The molecular formula is C13H19F2NO4. The molecule has 20 heavy (non-hydrogen) atoms. The second-order valence-corrected chi connectivity index (χ2v) is 6.60. The largest absolute Gasteiger partial charge is 0.480 e. The van der Waals surface area contributed by atoms with Gasteiger partial charge >= 0.3 is 12.1 Å². The Hall–Kier alpha value is -1.40. The zero-order valence-electron chi connectivity index (χ0n) is 11.7. The monoisotopic (exact) mass is 291 g/mol. The molecule has 1 aliphatic heterocycles. The van der Waals surface area contributed by atoms with Crippen LogP contribution in [0.25, 0.3) is 0 Å². The molecule has 5 nitrogen and oxygen atoms in total. The van der Waals surface area contributed by atoms with Crippen molar-refractivity contribution in [2.45, 2.75) is 51.2 Å². The van der Waals surface area contributed by atoms with Crippen LogP contribution in [0.4, 0.5) is 13.6 Å². The Kier molecular flexibility index (Phi) is 3.42. The minimum Gasteiger partial charge on any atom is -0.480 e. The number of nitrogens with zero attached hydrogens (tertiary/aromatic N) is 1. The average molecular weight is 291 g/mol. The number of aliphatic carboxylic acids is 1. The Morgan fingerprint density at radius 3 is 2.40 bits per heavy atom. The molecular weight excluding hydrogens is 272 g/mol. The number of carboxylic acid groups (broad SMARTS) is 1. The van der Waals surface area contributed by atoms with Crippen molar-refractivity contribution in [3.63, 3.8) is 0 Å². The van der Waals surface area contributed by atoms with Crippen LogP contribution in [0.5, 0.6) is 0 Å². The quantitative estimate of drug-likeness (QED) is 0.805. The van der Waals surface area contributed by atoms with Gasteiger partial charge in [-0.25, -0.2) is 18.4 Å². The van der Waals surface area contributed by atoms with Crippen molar-refractivity contribution in [3.05, 3.63) is 0 Å². The van der Waals surface area contributed by atoms with E-state index in [0.717, 1.165) is 4.90 Å². The molecule has 2 fully saturated rings. The zero-order valence-corrected chi connectivity index (χ0v) is 11.7. The molecule has 0 spiro atoms. The molecule has 0 unspecified atom stereocenters. The van der Waals surface area contributed by atoms with Gasteiger partial charge in [-0.1, -0.05) is 0 Å². The van der Waals surface area contributed by atoms with Crippen LogP contribution in [-0.2, 0) is 9.53 Å². The summed E-state index contributed by atoms with van der Waals surface area (Å²) in [4.78, 5) is 24.4. The van der Waals surface area contributed by atoms with Crippen LogP contribution in [0.15, 0.2) is 0 Å². The van der Waals surface area contributed by atoms with Gasteiger partial charge in [-0.2, -0.15) is 0 Å². The fourth-order valence-corrected chi connectivity index (χ4v) is 3.12. The molecule has 0 aromatic heterocycles. The fourth-order valence-electron chi connectivity index (χ4n) is 3.12. The number of amides is 1. The van der Waals surface area contributed by atoms with Gasteiger partial charge in [-0.3, -0.25) is 4.90 Å². The fraction of sp³-hybridized carbons (Fsp3) is 0.846. The van der Waals surface area contributed by atoms with E-state index in [1.54, 1.807) is 20.8 Å². The maximum Gasteiger partial charge on any atom is 0.411 e. The molecule has 0 bridgehead atoms. The second-order valence-electron chi connectivity index (χ2n) is 6.60. The van der Waals surface area contributed by atoms with Gasteiger partial charge in [0.2, 0.25) is 5.92 Å². The topological polar surface area (TPSA) is 66.8 Å². The lowest BCUT2D eigenvalue weighted by molar-refractivity contribution is -0.143. The molecule has 1 aliphatic carbocycles. The first-order chi connectivity index (χ1) is 9.00. The van der Waals surface area contributed by atoms with E-state index in [-0.39, 0.29) is 13.0 Å². The molecule has 7 heteroatoms. The van der Waals surface area contributed by atoms with Crippen molar-refractivity contribution >= 4 is 12.1 Å². The second kappa shape index (κ2) is 4.56. The third-order valence-corrected chi connectivity index (χ3v) is 3.75. The predicted molar refractivity (Wildman–Crippen MR) is 65.5 cm³/mol. The molecule has 1 amide bonds. The van der Waals surface area contributed by atoms with Crippen molar-refractivity contribution in [1.29, 1.82) is 0 Å². The number of alkyl halides is 2. The summed E-state index contributed by atoms with van der Waals surface area (Å²) in [5.74, 6) is -5.25. The van der Waals surface area contributed by atoms with Gasteiger partial charge in [-0.05, 0) is 26.7 Å². The average Bonchev–Trinajstić information content (AvgIpc) is 2.65. The van der Waals surface area contributed by atoms with Gasteiger partial charge < -0.3 is 9.84 Å². The predicted octanol–water partition coefficient (Wildman–Crippen LogP) is 2.35. The number of likely N-dealkylation sites (tertiary alicyclic amines) is 1. The summed E-state index contributed by atoms with van der Waals surface area (Å²) >= 11 is 0. The number of hydrogen-bond acceptors (Lipinski definition) is 3. The molecule has 0 radical (unpaired) electrons. The lowest BCUT2D eigenvalue weighted by Crippen LogP contribution is -2.46. The van der Waals surface area contributed by atoms with Gasteiger partial charge in [-0.15, -0.1) is 0 Å². The normalized spacial score (nSPS) is 32.0. The summed E-state index contributed by atoms with van der Waals surface area (Å²) in [6.07, 6.45) is -1.59. The molecule has 0 aromatic carbocycles. The lowest BCUT2D eigenvalue weighted by Gasteiger charge is -2.28. The first-order valence-corrected chi connectivity index (χ1v) is 6.60. The van der Waals surface area contributed by atoms with E-state index in [2.05, 4.69) is 0 Å². The van der Waals surface area contributed by atoms with Crippen molar-refractivity contribution in [2.24, 2.45) is 11.8 Å². The van der Waals surface area contributed by atoms with Crippen LogP contribution in [0.2, 0.25) is 0 Å². The van der Waals surface area contributed by atoms with Crippen LogP contribution in [-0.4, -0.2) is 46.2 Å². The first-order valence-electron chi connectivity index (χ1n) is 6.60. The van der Waals surface area contributed by atoms with Crippen LogP contribution >= 0.6 is 0 Å². The van der Waals surface area contributed by atoms with Crippen LogP contribution in [0, 0.1) is 11.8 Å². The number of hydrogen-bond donors (Lipinski definition) is 1. The smallest absolute Gasteiger partial charge is 0.411 e. The van der Waals surface area contributed by atoms with Gasteiger partial charge in [0.05, 0.1) is 0 Å². The Bertz CT molecular complexity index is 433. The summed E-state index contributed by atoms with van der Waals surface area (Å²) in [6, 6.07) is -1.22. The number of ether oxygens (including phenoxy) is 1. The minimum absolute atomic E-state index is 0.0200. The standard InChI is InChI=1S/C13H19F2NO4/c1-12(2,3)20-11(19)16-6-7-4-13(14,15)5-8(7)9(16)10(17)18/h7-9H,4-6H2,1-3H3,(H,17,18)/t7-,8+,9-/m0/s1. The maximum atomic E-state index is 13.4. The molecule has 1 saturated carbocycles. The lowest BCUT2D eigenvalue weighted by atomic mass is 9.94. The summed E-state index contributed by atoms with van der Waals surface area (Å²) < 4.78 is 31.9. The van der Waals surface area contributed by atoms with Gasteiger partial charge in [0.15, 0.2) is 0 Å². The van der Waals surface area contributed by atoms with Crippen molar-refractivity contribution < 1.29 is 28.2 Å². The maximum absolute atomic E-state index is 13.4. The molecule has 3 atom stereocenters. The van der Waals surface area contributed by atoms with Crippen molar-refractivity contribution in [1.82, 2.24) is 4.90 Å². The Morgan fingerprint density at radius 1 is 1.30 bits per heavy atom. The highest BCUT2D eigenvalue weighted by atomic mass is 19.3. The third kappa shape index (κ3) is 2.86. The summed E-state index contributed by atoms with van der Waals surface area (Å²) in [5.41, 5.74) is -0.748. The zero-order chi connectivity index (χ0) is 15.3. The number of carbonyl (C=O) groups excluding carboxylic acids is 1. The highest BCUT2D eigenvalue weighted by molar-refractivity contribution is 5.81. The van der Waals surface area contributed by atoms with Gasteiger partial charge in [0, 0.05) is 25.3 Å². The number of halogens is 2. The number of rotatable bonds is 1. The molecule has 2 rings (SSSR count). The van der Waals surface area contributed by atoms with E-state index < -0.39 is 47.9 Å². The molecule has 1 N–H and O–H groups in total. The van der Waals surface area contributed by atoms with Crippen LogP contribution < -0.4 is 0 Å². The molecule has 2 aliphatic rings. The van der Waals surface area contributed by atoms with Crippen molar-refractivity contribution in [2.75, 3.05) is 6.54 Å². The number of fused-ring (bicyclic) bond motifs is 1. The highest BCUT2D eigenvalue weighted by Crippen LogP contribution is 2.49. The van der Waals surface area contributed by atoms with Gasteiger partial charge in [0.25, 0.3) is 0 Å². The SMILES string of the molecule is CC(C)(C)OC(=O)N1C[C@@H]2CC(F)(F)C[C@H]2[C@H]1C(=O)O. The van der Waals surface area contributed by atoms with E-state index in [0.29, 0.717) is 0 Å². The third-order valence-electron chi connectivity index (χ3n) is 3.75. The Morgan fingerprint density at radius 2 is 1.90 bits per heavy atom. The van der Waals surface area contributed by atoms with Crippen LogP contribution in [0.3, 0.4) is 0 Å². The molecule has 114 valence electrons. The Balaban J connectivity index is 2.16. The van der Waals surface area contributed by atoms with E-state index in [4.69, 9.17) is 4.74 Å². The highest BCUT2D eigenvalue weighted by Gasteiger charge is 2.58. The molecule has 0 aromatic rings. The minimum atomic E-state index is -2.83. The Labute approximate surface area is 115 Å². The summed E-state index contributed by atoms with van der Waals surface area (Å²) in [6.45, 7) is 5.04. The van der Waals surface area contributed by atoms with Crippen LogP contribution in [0.1, 0.15) is 33.6 Å². The van der Waals surface area contributed by atoms with E-state index >= 15 is 0 Å². The van der Waals surface area contributed by atoms with E-state index in [9.17, 15) is 23.5 Å². The van der Waals surface area contributed by atoms with Gasteiger partial charge in [0.1, 0.15) is 11.6 Å². The number of carboxylic acids is 1. The molecule has 1 heterocycles. The first kappa shape index (κ1) is 15.0. The molecule has 1 saturated heterocycles. The summed E-state index contributed by atoms with van der Waals surface area (Å²) in [7, 11) is 0. The summed E-state index contributed by atoms with van der Waals surface area (Å²) in [5, 5.41) is 9.25.